The average Bonchev–Trinajstić information content (AvgIpc) is 2.68. The van der Waals surface area contributed by atoms with Gasteiger partial charge in [-0.1, -0.05) is 0 Å². The van der Waals surface area contributed by atoms with Gasteiger partial charge in [0.05, 0.1) is 0 Å². The van der Waals surface area contributed by atoms with Gasteiger partial charge in [0.1, 0.15) is 0 Å². The van der Waals surface area contributed by atoms with Crippen LogP contribution in [0.3, 0.4) is 0 Å². The second-order valence-corrected chi connectivity index (χ2v) is 5.60. The maximum absolute atomic E-state index is 5.07. The van der Waals surface area contributed by atoms with Crippen LogP contribution in [0.5, 0.6) is 0 Å². The van der Waals surface area contributed by atoms with Crippen LogP contribution in [0.2, 0.25) is 0 Å². The lowest BCUT2D eigenvalue weighted by molar-refractivity contribution is 0.0967. The van der Waals surface area contributed by atoms with E-state index in [0.717, 1.165) is 39.6 Å². The molecule has 0 unspecified atom stereocenters. The van der Waals surface area contributed by atoms with Crippen molar-refractivity contribution in [1.29, 1.82) is 0 Å². The van der Waals surface area contributed by atoms with E-state index in [2.05, 4.69) is 22.5 Å². The topological polar surface area (TPSA) is 104 Å². The van der Waals surface area contributed by atoms with Crippen molar-refractivity contribution in [3.63, 3.8) is 0 Å². The molecule has 0 bridgehead atoms. The summed E-state index contributed by atoms with van der Waals surface area (Å²) >= 11 is 0. The van der Waals surface area contributed by atoms with E-state index < -0.39 is 0 Å². The van der Waals surface area contributed by atoms with Crippen LogP contribution in [-0.4, -0.2) is 53.7 Å². The van der Waals surface area contributed by atoms with Crippen LogP contribution < -0.4 is 22.5 Å². The van der Waals surface area contributed by atoms with Crippen molar-refractivity contribution >= 4 is 0 Å². The molecule has 6 N–H and O–H groups in total. The van der Waals surface area contributed by atoms with Crippen molar-refractivity contribution in [3.8, 4) is 0 Å². The highest BCUT2D eigenvalue weighted by Crippen LogP contribution is 2.03. The summed E-state index contributed by atoms with van der Waals surface area (Å²) in [4.78, 5) is 0. The summed E-state index contributed by atoms with van der Waals surface area (Å²) in [7, 11) is 3.31. The fourth-order valence-corrected chi connectivity index (χ4v) is 2.06. The van der Waals surface area contributed by atoms with Gasteiger partial charge in [0.15, 0.2) is 0 Å². The van der Waals surface area contributed by atoms with Gasteiger partial charge in [0.25, 0.3) is 0 Å². The molecular weight excluding hydrogens is 308 g/mol. The molecule has 7 heteroatoms. The summed E-state index contributed by atoms with van der Waals surface area (Å²) in [5.41, 5.74) is 4.50. The molecule has 148 valence electrons. The Morgan fingerprint density at radius 3 is 0.667 bits per heavy atom. The number of nitrogens with two attached hydrogens (primary N) is 2. The Morgan fingerprint density at radius 1 is 0.458 bits per heavy atom. The minimum Gasteiger partial charge on any atom is -0.381 e. The standard InChI is InChI=1S/3C5H10O.2CH6N2/c3*1-2-4-6-5-3-1;2*1-3-2/h3*1-5H2;2*3H,2H2,1H3. The molecule has 0 aromatic rings. The molecule has 7 nitrogen and oxygen atoms in total. The molecule has 0 saturated carbocycles. The average molecular weight is 351 g/mol. The van der Waals surface area contributed by atoms with Crippen LogP contribution >= 0.6 is 0 Å². The van der Waals surface area contributed by atoms with Gasteiger partial charge in [-0.25, -0.2) is 0 Å². The minimum atomic E-state index is 1.00. The van der Waals surface area contributed by atoms with Gasteiger partial charge in [-0.15, -0.1) is 0 Å². The third-order valence-electron chi connectivity index (χ3n) is 3.23. The highest BCUT2D eigenvalue weighted by atomic mass is 16.5. The second kappa shape index (κ2) is 27.6. The first-order valence-electron chi connectivity index (χ1n) is 9.31. The molecular formula is C17H42N4O3. The number of nitrogens with one attached hydrogen (secondary N) is 2. The summed E-state index contributed by atoms with van der Waals surface area (Å²) in [6.07, 6.45) is 11.8. The van der Waals surface area contributed by atoms with Gasteiger partial charge in [-0.05, 0) is 71.9 Å². The number of hydrogen-bond donors (Lipinski definition) is 4. The summed E-state index contributed by atoms with van der Waals surface area (Å²) in [6, 6.07) is 0. The van der Waals surface area contributed by atoms with Gasteiger partial charge in [-0.3, -0.25) is 22.5 Å². The predicted octanol–water partition coefficient (Wildman–Crippen LogP) is 1.72. The Morgan fingerprint density at radius 2 is 0.625 bits per heavy atom. The van der Waals surface area contributed by atoms with Crippen LogP contribution in [-0.2, 0) is 14.2 Å². The monoisotopic (exact) mass is 350 g/mol. The number of hydrogen-bond acceptors (Lipinski definition) is 7. The highest BCUT2D eigenvalue weighted by molar-refractivity contribution is 4.46. The Kier molecular flexibility index (Phi) is 29.8. The Bertz CT molecular complexity index is 124. The molecule has 3 saturated heterocycles. The molecule has 3 rings (SSSR count). The lowest BCUT2D eigenvalue weighted by Gasteiger charge is -2.08. The molecule has 0 atom stereocenters. The largest absolute Gasteiger partial charge is 0.381 e. The SMILES string of the molecule is C1CCOCC1.C1CCOCC1.C1CCOCC1.CNN.CNN. The molecule has 3 aliphatic rings. The van der Waals surface area contributed by atoms with Gasteiger partial charge < -0.3 is 14.2 Å². The highest BCUT2D eigenvalue weighted by Gasteiger charge is 1.96. The molecule has 3 aliphatic heterocycles. The van der Waals surface area contributed by atoms with E-state index in [-0.39, 0.29) is 0 Å². The summed E-state index contributed by atoms with van der Waals surface area (Å²) in [5, 5.41) is 0. The van der Waals surface area contributed by atoms with E-state index in [1.165, 1.54) is 57.8 Å². The number of ether oxygens (including phenoxy) is 3. The van der Waals surface area contributed by atoms with Crippen molar-refractivity contribution in [1.82, 2.24) is 10.9 Å². The third kappa shape index (κ3) is 29.7. The normalized spacial score (nSPS) is 19.5. The van der Waals surface area contributed by atoms with Crippen molar-refractivity contribution in [2.24, 2.45) is 11.7 Å². The van der Waals surface area contributed by atoms with Crippen LogP contribution in [0.1, 0.15) is 57.8 Å². The second-order valence-electron chi connectivity index (χ2n) is 5.60. The quantitative estimate of drug-likeness (QED) is 0.389. The Hall–Kier alpha value is -0.280. The first-order chi connectivity index (χ1) is 11.8. The lowest BCUT2D eigenvalue weighted by Crippen LogP contribution is -2.13. The van der Waals surface area contributed by atoms with E-state index in [0.29, 0.717) is 0 Å². The molecule has 0 radical (unpaired) electrons. The number of hydrazine groups is 2. The predicted molar refractivity (Wildman–Crippen MR) is 101 cm³/mol. The molecule has 3 fully saturated rings. The lowest BCUT2D eigenvalue weighted by atomic mass is 10.2. The van der Waals surface area contributed by atoms with E-state index in [4.69, 9.17) is 14.2 Å². The molecule has 0 aromatic heterocycles. The summed E-state index contributed by atoms with van der Waals surface area (Å²) in [5.74, 6) is 9.19. The molecule has 0 aliphatic carbocycles. The van der Waals surface area contributed by atoms with Crippen LogP contribution in [0.25, 0.3) is 0 Å². The van der Waals surface area contributed by atoms with Gasteiger partial charge in [0.2, 0.25) is 0 Å². The zero-order valence-electron chi connectivity index (χ0n) is 16.0. The summed E-state index contributed by atoms with van der Waals surface area (Å²) < 4.78 is 15.2. The van der Waals surface area contributed by atoms with Crippen molar-refractivity contribution in [2.45, 2.75) is 57.8 Å². The zero-order valence-corrected chi connectivity index (χ0v) is 16.0. The molecule has 0 amide bonds. The van der Waals surface area contributed by atoms with Gasteiger partial charge in [0, 0.05) is 39.6 Å². The smallest absolute Gasteiger partial charge is 0.0466 e. The molecule has 0 aromatic carbocycles. The molecule has 3 heterocycles. The maximum Gasteiger partial charge on any atom is 0.0466 e. The van der Waals surface area contributed by atoms with Gasteiger partial charge in [-0.2, -0.15) is 0 Å². The van der Waals surface area contributed by atoms with Crippen LogP contribution in [0.4, 0.5) is 0 Å². The van der Waals surface area contributed by atoms with Crippen LogP contribution in [0.15, 0.2) is 0 Å². The van der Waals surface area contributed by atoms with E-state index in [1.807, 2.05) is 0 Å². The van der Waals surface area contributed by atoms with Crippen LogP contribution in [0, 0.1) is 0 Å². The Balaban J connectivity index is 0. The number of rotatable bonds is 0. The van der Waals surface area contributed by atoms with E-state index >= 15 is 0 Å². The zero-order chi connectivity index (χ0) is 18.1. The molecule has 0 spiro atoms. The third-order valence-corrected chi connectivity index (χ3v) is 3.23. The van der Waals surface area contributed by atoms with Crippen molar-refractivity contribution < 1.29 is 14.2 Å². The van der Waals surface area contributed by atoms with E-state index in [9.17, 15) is 0 Å². The minimum absolute atomic E-state index is 1.00. The van der Waals surface area contributed by atoms with E-state index in [1.54, 1.807) is 14.1 Å². The first kappa shape index (κ1) is 26.0. The first-order valence-corrected chi connectivity index (χ1v) is 9.31. The fourth-order valence-electron chi connectivity index (χ4n) is 2.06. The maximum atomic E-state index is 5.07. The Labute approximate surface area is 149 Å². The summed E-state index contributed by atoms with van der Waals surface area (Å²) in [6.45, 7) is 6.00. The van der Waals surface area contributed by atoms with Crippen molar-refractivity contribution in [3.05, 3.63) is 0 Å². The van der Waals surface area contributed by atoms with Gasteiger partial charge >= 0.3 is 0 Å². The molecule has 24 heavy (non-hydrogen) atoms. The fraction of sp³-hybridized carbons (Fsp3) is 1.00. The van der Waals surface area contributed by atoms with Crippen molar-refractivity contribution in [2.75, 3.05) is 53.7 Å².